The van der Waals surface area contributed by atoms with Crippen LogP contribution in [0.3, 0.4) is 0 Å². The minimum atomic E-state index is -0.484. The SMILES string of the molecule is O=C(c1ccc(NCCc2ccc(Br)o2)c([N+](=O)[O-])c1)N1CCOCC1. The van der Waals surface area contributed by atoms with E-state index < -0.39 is 4.92 Å². The number of anilines is 1. The summed E-state index contributed by atoms with van der Waals surface area (Å²) in [6.07, 6.45) is 0.581. The fraction of sp³-hybridized carbons (Fsp3) is 0.353. The van der Waals surface area contributed by atoms with E-state index in [1.807, 2.05) is 6.07 Å². The van der Waals surface area contributed by atoms with Gasteiger partial charge in [0.25, 0.3) is 11.6 Å². The van der Waals surface area contributed by atoms with Crippen LogP contribution in [0.5, 0.6) is 0 Å². The Hall–Kier alpha value is -2.39. The maximum Gasteiger partial charge on any atom is 0.293 e. The topological polar surface area (TPSA) is 97.8 Å². The number of rotatable bonds is 6. The lowest BCUT2D eigenvalue weighted by molar-refractivity contribution is -0.384. The van der Waals surface area contributed by atoms with E-state index in [-0.39, 0.29) is 11.6 Å². The minimum absolute atomic E-state index is 0.121. The summed E-state index contributed by atoms with van der Waals surface area (Å²) in [6.45, 7) is 2.42. The molecule has 1 aliphatic heterocycles. The second-order valence-corrected chi connectivity index (χ2v) is 6.56. The zero-order chi connectivity index (χ0) is 18.5. The zero-order valence-electron chi connectivity index (χ0n) is 13.9. The first kappa shape index (κ1) is 18.4. The number of nitrogens with one attached hydrogen (secondary N) is 1. The third-order valence-electron chi connectivity index (χ3n) is 4.06. The standard InChI is InChI=1S/C17H18BrN3O5/c18-16-4-2-13(26-16)5-6-19-14-3-1-12(11-15(14)21(23)24)17(22)20-7-9-25-10-8-20/h1-4,11,19H,5-10H2. The molecule has 9 heteroatoms. The van der Waals surface area contributed by atoms with Crippen LogP contribution in [-0.2, 0) is 11.2 Å². The number of halogens is 1. The largest absolute Gasteiger partial charge is 0.454 e. The Bertz CT molecular complexity index is 801. The van der Waals surface area contributed by atoms with Crippen LogP contribution in [0.1, 0.15) is 16.1 Å². The summed E-state index contributed by atoms with van der Waals surface area (Å²) in [5, 5.41) is 14.4. The van der Waals surface area contributed by atoms with Crippen molar-refractivity contribution >= 4 is 33.2 Å². The Morgan fingerprint density at radius 3 is 2.69 bits per heavy atom. The molecule has 1 aromatic heterocycles. The Labute approximate surface area is 158 Å². The van der Waals surface area contributed by atoms with Gasteiger partial charge in [-0.15, -0.1) is 0 Å². The van der Waals surface area contributed by atoms with Gasteiger partial charge in [0, 0.05) is 37.7 Å². The maximum atomic E-state index is 12.5. The van der Waals surface area contributed by atoms with E-state index in [2.05, 4.69) is 21.2 Å². The smallest absolute Gasteiger partial charge is 0.293 e. The normalized spacial score (nSPS) is 14.3. The lowest BCUT2D eigenvalue weighted by Gasteiger charge is -2.26. The molecule has 2 aromatic rings. The van der Waals surface area contributed by atoms with Crippen molar-refractivity contribution in [2.45, 2.75) is 6.42 Å². The highest BCUT2D eigenvalue weighted by Gasteiger charge is 2.22. The Kier molecular flexibility index (Phi) is 5.89. The zero-order valence-corrected chi connectivity index (χ0v) is 15.5. The third kappa shape index (κ3) is 4.41. The number of carbonyl (C=O) groups excluding carboxylic acids is 1. The number of furan rings is 1. The molecule has 2 heterocycles. The van der Waals surface area contributed by atoms with Gasteiger partial charge in [-0.2, -0.15) is 0 Å². The van der Waals surface area contributed by atoms with E-state index in [9.17, 15) is 14.9 Å². The molecular weight excluding hydrogens is 406 g/mol. The number of nitro groups is 1. The average Bonchev–Trinajstić information content (AvgIpc) is 3.07. The number of hydrogen-bond acceptors (Lipinski definition) is 6. The van der Waals surface area contributed by atoms with Crippen molar-refractivity contribution in [1.82, 2.24) is 4.90 Å². The highest BCUT2D eigenvalue weighted by molar-refractivity contribution is 9.10. The first-order chi connectivity index (χ1) is 12.5. The van der Waals surface area contributed by atoms with Gasteiger partial charge in [-0.3, -0.25) is 14.9 Å². The van der Waals surface area contributed by atoms with Crippen molar-refractivity contribution in [2.75, 3.05) is 38.2 Å². The highest BCUT2D eigenvalue weighted by atomic mass is 79.9. The highest BCUT2D eigenvalue weighted by Crippen LogP contribution is 2.26. The number of carbonyl (C=O) groups is 1. The van der Waals surface area contributed by atoms with Crippen molar-refractivity contribution in [3.8, 4) is 0 Å². The number of hydrogen-bond donors (Lipinski definition) is 1. The van der Waals surface area contributed by atoms with Crippen LogP contribution in [-0.4, -0.2) is 48.6 Å². The quantitative estimate of drug-likeness (QED) is 0.566. The Morgan fingerprint density at radius 1 is 1.27 bits per heavy atom. The average molecular weight is 424 g/mol. The molecule has 1 aromatic carbocycles. The molecular formula is C17H18BrN3O5. The number of ether oxygens (including phenoxy) is 1. The van der Waals surface area contributed by atoms with Crippen LogP contribution in [0.4, 0.5) is 11.4 Å². The van der Waals surface area contributed by atoms with Crippen molar-refractivity contribution in [3.63, 3.8) is 0 Å². The molecule has 0 unspecified atom stereocenters. The number of benzene rings is 1. The summed E-state index contributed by atoms with van der Waals surface area (Å²) in [5.74, 6) is 0.550. The second-order valence-electron chi connectivity index (χ2n) is 5.78. The molecule has 1 N–H and O–H groups in total. The number of nitrogens with zero attached hydrogens (tertiary/aromatic N) is 2. The van der Waals surface area contributed by atoms with Gasteiger partial charge in [0.15, 0.2) is 4.67 Å². The second kappa shape index (κ2) is 8.33. The molecule has 0 radical (unpaired) electrons. The molecule has 0 saturated carbocycles. The van der Waals surface area contributed by atoms with Crippen LogP contribution >= 0.6 is 15.9 Å². The lowest BCUT2D eigenvalue weighted by atomic mass is 10.1. The van der Waals surface area contributed by atoms with Gasteiger partial charge in [-0.05, 0) is 40.2 Å². The van der Waals surface area contributed by atoms with Gasteiger partial charge in [-0.1, -0.05) is 0 Å². The Morgan fingerprint density at radius 2 is 2.04 bits per heavy atom. The summed E-state index contributed by atoms with van der Waals surface area (Å²) >= 11 is 3.23. The van der Waals surface area contributed by atoms with Crippen LogP contribution < -0.4 is 5.32 Å². The molecule has 0 atom stereocenters. The fourth-order valence-corrected chi connectivity index (χ4v) is 3.06. The molecule has 26 heavy (non-hydrogen) atoms. The first-order valence-corrected chi connectivity index (χ1v) is 8.97. The molecule has 0 spiro atoms. The molecule has 138 valence electrons. The summed E-state index contributed by atoms with van der Waals surface area (Å²) in [6, 6.07) is 8.14. The van der Waals surface area contributed by atoms with Gasteiger partial charge >= 0.3 is 0 Å². The number of morpholine rings is 1. The van der Waals surface area contributed by atoms with E-state index in [4.69, 9.17) is 9.15 Å². The van der Waals surface area contributed by atoms with Gasteiger partial charge in [0.2, 0.25) is 0 Å². The predicted molar refractivity (Wildman–Crippen MR) is 98.4 cm³/mol. The van der Waals surface area contributed by atoms with Gasteiger partial charge in [-0.25, -0.2) is 0 Å². The van der Waals surface area contributed by atoms with Crippen molar-refractivity contribution in [2.24, 2.45) is 0 Å². The molecule has 8 nitrogen and oxygen atoms in total. The predicted octanol–water partition coefficient (Wildman–Crippen LogP) is 3.08. The molecule has 0 bridgehead atoms. The lowest BCUT2D eigenvalue weighted by Crippen LogP contribution is -2.40. The third-order valence-corrected chi connectivity index (χ3v) is 4.48. The molecule has 0 aliphatic carbocycles. The number of nitro benzene ring substituents is 1. The van der Waals surface area contributed by atoms with Gasteiger partial charge < -0.3 is 19.4 Å². The summed E-state index contributed by atoms with van der Waals surface area (Å²) in [5.41, 5.74) is 0.558. The van der Waals surface area contributed by atoms with E-state index in [0.29, 0.717) is 55.2 Å². The van der Waals surface area contributed by atoms with Crippen LogP contribution in [0.2, 0.25) is 0 Å². The van der Waals surface area contributed by atoms with Crippen LogP contribution in [0, 0.1) is 10.1 Å². The molecule has 1 fully saturated rings. The van der Waals surface area contributed by atoms with E-state index in [0.717, 1.165) is 5.76 Å². The number of amides is 1. The van der Waals surface area contributed by atoms with E-state index >= 15 is 0 Å². The summed E-state index contributed by atoms with van der Waals surface area (Å²) in [7, 11) is 0. The maximum absolute atomic E-state index is 12.5. The summed E-state index contributed by atoms with van der Waals surface area (Å²) in [4.78, 5) is 25.1. The van der Waals surface area contributed by atoms with E-state index in [1.165, 1.54) is 6.07 Å². The Balaban J connectivity index is 1.69. The van der Waals surface area contributed by atoms with Crippen LogP contribution in [0.25, 0.3) is 0 Å². The van der Waals surface area contributed by atoms with Crippen molar-refractivity contribution < 1.29 is 18.9 Å². The van der Waals surface area contributed by atoms with Gasteiger partial charge in [0.1, 0.15) is 11.4 Å². The molecule has 1 amide bonds. The first-order valence-electron chi connectivity index (χ1n) is 8.18. The molecule has 1 saturated heterocycles. The van der Waals surface area contributed by atoms with Gasteiger partial charge in [0.05, 0.1) is 18.1 Å². The summed E-state index contributed by atoms with van der Waals surface area (Å²) < 4.78 is 11.3. The van der Waals surface area contributed by atoms with Crippen LogP contribution in [0.15, 0.2) is 39.4 Å². The van der Waals surface area contributed by atoms with Crippen molar-refractivity contribution in [3.05, 3.63) is 56.4 Å². The molecule has 3 rings (SSSR count). The fourth-order valence-electron chi connectivity index (χ4n) is 2.72. The van der Waals surface area contributed by atoms with E-state index in [1.54, 1.807) is 23.1 Å². The monoisotopic (exact) mass is 423 g/mol. The minimum Gasteiger partial charge on any atom is -0.454 e. The van der Waals surface area contributed by atoms with Crippen molar-refractivity contribution in [1.29, 1.82) is 0 Å². The molecule has 1 aliphatic rings.